The van der Waals surface area contributed by atoms with Crippen LogP contribution in [0.3, 0.4) is 0 Å². The molecule has 4 aromatic carbocycles. The number of hydrogen-bond acceptors (Lipinski definition) is 0. The Hall–Kier alpha value is -3.30. The molecule has 0 amide bonds. The van der Waals surface area contributed by atoms with Crippen molar-refractivity contribution in [3.05, 3.63) is 168 Å². The summed E-state index contributed by atoms with van der Waals surface area (Å²) >= 11 is 0. The van der Waals surface area contributed by atoms with Crippen LogP contribution >= 0.6 is 15.8 Å². The van der Waals surface area contributed by atoms with Crippen molar-refractivity contribution in [2.45, 2.75) is 38.0 Å². The molecule has 0 aliphatic heterocycles. The van der Waals surface area contributed by atoms with Crippen LogP contribution in [0, 0.1) is 0 Å². The Bertz CT molecular complexity index is 1350. The van der Waals surface area contributed by atoms with Crippen molar-refractivity contribution < 1.29 is 0 Å². The lowest BCUT2D eigenvalue weighted by molar-refractivity contribution is 1.06. The molecule has 0 radical (unpaired) electrons. The molecule has 2 aliphatic carbocycles. The summed E-state index contributed by atoms with van der Waals surface area (Å²) in [5, 5.41) is 5.80. The van der Waals surface area contributed by atoms with Crippen molar-refractivity contribution in [2.24, 2.45) is 0 Å². The average Bonchev–Trinajstić information content (AvgIpc) is 3.70. The van der Waals surface area contributed by atoms with Crippen LogP contribution in [-0.4, -0.2) is 11.3 Å². The van der Waals surface area contributed by atoms with Gasteiger partial charge in [-0.25, -0.2) is 0 Å². The van der Waals surface area contributed by atoms with E-state index in [0.29, 0.717) is 11.3 Å². The van der Waals surface area contributed by atoms with Gasteiger partial charge in [-0.2, -0.15) is 0 Å². The molecule has 2 heteroatoms. The highest BCUT2D eigenvalue weighted by Gasteiger charge is 2.31. The Kier molecular flexibility index (Phi) is 8.39. The fraction of sp³-hybridized carbons (Fsp3) is 0.158. The van der Waals surface area contributed by atoms with Gasteiger partial charge in [0.2, 0.25) is 0 Å². The van der Waals surface area contributed by atoms with Crippen LogP contribution in [0.25, 0.3) is 0 Å². The fourth-order valence-corrected chi connectivity index (χ4v) is 11.6. The van der Waals surface area contributed by atoms with E-state index in [2.05, 4.69) is 159 Å². The maximum atomic E-state index is 2.46. The van der Waals surface area contributed by atoms with Gasteiger partial charge in [-0.1, -0.05) is 159 Å². The molecule has 0 aromatic heterocycles. The second-order valence-corrected chi connectivity index (χ2v) is 15.6. The Morgan fingerprint density at radius 1 is 0.425 bits per heavy atom. The molecule has 0 bridgehead atoms. The monoisotopic (exact) mass is 554 g/mol. The topological polar surface area (TPSA) is 0 Å². The molecule has 0 heterocycles. The predicted molar refractivity (Wildman–Crippen MR) is 179 cm³/mol. The highest BCUT2D eigenvalue weighted by molar-refractivity contribution is 7.74. The molecule has 2 atom stereocenters. The van der Waals surface area contributed by atoms with E-state index in [-0.39, 0.29) is 0 Å². The summed E-state index contributed by atoms with van der Waals surface area (Å²) < 4.78 is 0. The van der Waals surface area contributed by atoms with Crippen molar-refractivity contribution in [3.63, 3.8) is 0 Å². The molecular formula is C38H36P2. The predicted octanol–water partition coefficient (Wildman–Crippen LogP) is 8.54. The molecule has 2 aliphatic rings. The molecule has 0 saturated heterocycles. The first kappa shape index (κ1) is 26.9. The molecule has 0 nitrogen and oxygen atoms in total. The van der Waals surface area contributed by atoms with Crippen LogP contribution < -0.4 is 21.2 Å². The molecule has 198 valence electrons. The third-order valence-electron chi connectivity index (χ3n) is 8.11. The lowest BCUT2D eigenvalue weighted by Crippen LogP contribution is -2.22. The summed E-state index contributed by atoms with van der Waals surface area (Å²) in [6.45, 7) is 4.92. The van der Waals surface area contributed by atoms with E-state index in [0.717, 1.165) is 12.8 Å². The Morgan fingerprint density at radius 3 is 0.975 bits per heavy atom. The minimum absolute atomic E-state index is 0.433. The maximum Gasteiger partial charge on any atom is 0.00965 e. The molecule has 0 fully saturated rings. The van der Waals surface area contributed by atoms with Crippen molar-refractivity contribution >= 4 is 37.1 Å². The average molecular weight is 555 g/mol. The van der Waals surface area contributed by atoms with Gasteiger partial charge in [-0.05, 0) is 72.2 Å². The molecule has 0 saturated carbocycles. The van der Waals surface area contributed by atoms with Crippen molar-refractivity contribution in [3.8, 4) is 0 Å². The van der Waals surface area contributed by atoms with E-state index in [1.165, 1.54) is 32.4 Å². The van der Waals surface area contributed by atoms with E-state index in [1.54, 1.807) is 11.1 Å². The Balaban J connectivity index is 1.42. The Morgan fingerprint density at radius 2 is 0.700 bits per heavy atom. The third kappa shape index (κ3) is 5.49. The molecule has 4 aromatic rings. The second kappa shape index (κ2) is 12.5. The number of hydrogen-bond donors (Lipinski definition) is 0. The van der Waals surface area contributed by atoms with Crippen molar-refractivity contribution in [2.75, 3.05) is 0 Å². The smallest absolute Gasteiger partial charge is 0.00965 e. The van der Waals surface area contributed by atoms with E-state index in [4.69, 9.17) is 0 Å². The van der Waals surface area contributed by atoms with Gasteiger partial charge in [0.15, 0.2) is 0 Å². The SMILES string of the molecule is C[C@@H](C1=C(C2=C([C@H](C)P(c3ccccc3)c3ccccc3)C=CC2)CC=C1)P(c1ccccc1)c1ccccc1. The van der Waals surface area contributed by atoms with Gasteiger partial charge in [-0.15, -0.1) is 0 Å². The second-order valence-electron chi connectivity index (χ2n) is 10.5. The summed E-state index contributed by atoms with van der Waals surface area (Å²) in [7, 11) is -1.05. The van der Waals surface area contributed by atoms with E-state index in [1.807, 2.05) is 0 Å². The van der Waals surface area contributed by atoms with E-state index >= 15 is 0 Å². The summed E-state index contributed by atoms with van der Waals surface area (Å²) in [4.78, 5) is 0. The zero-order valence-electron chi connectivity index (χ0n) is 23.3. The fourth-order valence-electron chi connectivity index (χ4n) is 6.25. The molecule has 0 spiro atoms. The van der Waals surface area contributed by atoms with Crippen LogP contribution in [0.1, 0.15) is 26.7 Å². The zero-order valence-corrected chi connectivity index (χ0v) is 25.1. The maximum absolute atomic E-state index is 2.46. The first-order valence-electron chi connectivity index (χ1n) is 14.3. The molecule has 40 heavy (non-hydrogen) atoms. The largest absolute Gasteiger partial charge is 0.0798 e. The number of rotatable bonds is 9. The van der Waals surface area contributed by atoms with E-state index in [9.17, 15) is 0 Å². The summed E-state index contributed by atoms with van der Waals surface area (Å²) in [6.07, 6.45) is 11.7. The normalized spacial score (nSPS) is 16.4. The van der Waals surface area contributed by atoms with Crippen LogP contribution in [0.2, 0.25) is 0 Å². The van der Waals surface area contributed by atoms with Crippen molar-refractivity contribution in [1.29, 1.82) is 0 Å². The van der Waals surface area contributed by atoms with Crippen LogP contribution in [0.4, 0.5) is 0 Å². The minimum Gasteiger partial charge on any atom is -0.0798 e. The lowest BCUT2D eigenvalue weighted by Gasteiger charge is -2.30. The van der Waals surface area contributed by atoms with Crippen LogP contribution in [0.5, 0.6) is 0 Å². The highest BCUT2D eigenvalue weighted by atomic mass is 31.1. The number of benzene rings is 4. The van der Waals surface area contributed by atoms with E-state index < -0.39 is 15.8 Å². The molecule has 0 unspecified atom stereocenters. The van der Waals surface area contributed by atoms with Crippen molar-refractivity contribution in [1.82, 2.24) is 0 Å². The first-order chi connectivity index (χ1) is 19.7. The minimum atomic E-state index is -0.527. The first-order valence-corrected chi connectivity index (χ1v) is 17.1. The van der Waals surface area contributed by atoms with Crippen LogP contribution in [-0.2, 0) is 0 Å². The van der Waals surface area contributed by atoms with Gasteiger partial charge in [0.05, 0.1) is 0 Å². The summed E-state index contributed by atoms with van der Waals surface area (Å²) in [6, 6.07) is 44.7. The van der Waals surface area contributed by atoms with Gasteiger partial charge < -0.3 is 0 Å². The van der Waals surface area contributed by atoms with Crippen LogP contribution in [0.15, 0.2) is 168 Å². The lowest BCUT2D eigenvalue weighted by atomic mass is 9.95. The van der Waals surface area contributed by atoms with Gasteiger partial charge in [-0.3, -0.25) is 0 Å². The van der Waals surface area contributed by atoms with Gasteiger partial charge >= 0.3 is 0 Å². The number of allylic oxidation sites excluding steroid dienone is 8. The van der Waals surface area contributed by atoms with Gasteiger partial charge in [0, 0.05) is 11.3 Å². The zero-order chi connectivity index (χ0) is 27.3. The van der Waals surface area contributed by atoms with Gasteiger partial charge in [0.25, 0.3) is 0 Å². The third-order valence-corrected chi connectivity index (χ3v) is 13.6. The molecule has 0 N–H and O–H groups in total. The highest BCUT2D eigenvalue weighted by Crippen LogP contribution is 2.50. The molecular weight excluding hydrogens is 518 g/mol. The quantitative estimate of drug-likeness (QED) is 0.182. The van der Waals surface area contributed by atoms with Gasteiger partial charge in [0.1, 0.15) is 0 Å². The summed E-state index contributed by atoms with van der Waals surface area (Å²) in [5.74, 6) is 0. The summed E-state index contributed by atoms with van der Waals surface area (Å²) in [5.41, 5.74) is 7.06. The Labute approximate surface area is 242 Å². The standard InChI is InChI=1S/C38H36P2/c1-29(39(31-17-7-3-8-18-31)32-19-9-4-10-20-32)35-25-15-27-37(35)38-28-16-26-36(38)30(2)40(33-21-11-5-12-22-33)34-23-13-6-14-24-34/h3-26,29-30H,27-28H2,1-2H3/t29-,30-/m0/s1. The molecule has 6 rings (SSSR count).